The molecule has 0 aliphatic rings. The van der Waals surface area contributed by atoms with Gasteiger partial charge in [-0.05, 0) is 49.5 Å². The summed E-state index contributed by atoms with van der Waals surface area (Å²) in [5.41, 5.74) is 0.888. The number of H-pyrrole nitrogens is 1. The molecule has 2 N–H and O–H groups in total. The minimum atomic E-state index is -0.0726. The lowest BCUT2D eigenvalue weighted by Gasteiger charge is -2.28. The summed E-state index contributed by atoms with van der Waals surface area (Å²) in [4.78, 5) is 19.0. The van der Waals surface area contributed by atoms with Crippen LogP contribution in [0, 0.1) is 0 Å². The highest BCUT2D eigenvalue weighted by Crippen LogP contribution is 2.22. The van der Waals surface area contributed by atoms with Crippen LogP contribution in [0.2, 0.25) is 5.02 Å². The Morgan fingerprint density at radius 2 is 2.03 bits per heavy atom. The van der Waals surface area contributed by atoms with Gasteiger partial charge in [-0.3, -0.25) is 14.8 Å². The molecular formula is C20H24ClN5O2S. The number of likely N-dealkylation sites (N-methyl/N-ethyl adjacent to an activating group) is 1. The van der Waals surface area contributed by atoms with Crippen LogP contribution in [0.1, 0.15) is 25.6 Å². The Morgan fingerprint density at radius 3 is 2.69 bits per heavy atom. The maximum Gasteiger partial charge on any atom is 0.230 e. The third-order valence-electron chi connectivity index (χ3n) is 4.53. The molecule has 1 amide bonds. The lowest BCUT2D eigenvalue weighted by atomic mass is 10.2. The second kappa shape index (κ2) is 10.5. The van der Waals surface area contributed by atoms with Gasteiger partial charge in [-0.25, -0.2) is 4.98 Å². The zero-order valence-electron chi connectivity index (χ0n) is 16.4. The molecule has 154 valence electrons. The van der Waals surface area contributed by atoms with Crippen molar-refractivity contribution in [2.75, 3.05) is 25.4 Å². The Balaban J connectivity index is 1.52. The molecule has 0 saturated heterocycles. The average Bonchev–Trinajstić information content (AvgIpc) is 3.42. The molecule has 0 spiro atoms. The van der Waals surface area contributed by atoms with Crippen molar-refractivity contribution in [3.8, 4) is 11.4 Å². The van der Waals surface area contributed by atoms with Crippen molar-refractivity contribution < 1.29 is 9.21 Å². The number of carbonyl (C=O) groups excluding carboxylic acids is 1. The number of nitrogens with one attached hydrogen (secondary N) is 2. The van der Waals surface area contributed by atoms with Gasteiger partial charge in [-0.1, -0.05) is 37.2 Å². The number of nitrogens with zero attached hydrogens (tertiary/aromatic N) is 3. The van der Waals surface area contributed by atoms with Crippen LogP contribution in [-0.4, -0.2) is 51.4 Å². The summed E-state index contributed by atoms with van der Waals surface area (Å²) in [6, 6.07) is 11.1. The molecule has 0 bridgehead atoms. The van der Waals surface area contributed by atoms with E-state index in [4.69, 9.17) is 16.0 Å². The lowest BCUT2D eigenvalue weighted by Crippen LogP contribution is -2.38. The quantitative estimate of drug-likeness (QED) is 0.470. The van der Waals surface area contributed by atoms with E-state index in [9.17, 15) is 4.79 Å². The van der Waals surface area contributed by atoms with Gasteiger partial charge in [0.05, 0.1) is 18.1 Å². The molecule has 7 nitrogen and oxygen atoms in total. The first-order chi connectivity index (χ1) is 14.1. The topological polar surface area (TPSA) is 87.0 Å². The van der Waals surface area contributed by atoms with Crippen LogP contribution < -0.4 is 5.32 Å². The molecule has 29 heavy (non-hydrogen) atoms. The number of hydrogen-bond acceptors (Lipinski definition) is 6. The summed E-state index contributed by atoms with van der Waals surface area (Å²) in [5.74, 6) is 1.66. The highest BCUT2D eigenvalue weighted by molar-refractivity contribution is 7.99. The minimum Gasteiger partial charge on any atom is -0.468 e. The molecule has 2 aromatic heterocycles. The normalized spacial score (nSPS) is 12.3. The standard InChI is InChI=1S/C20H24ClN5O2S/c1-3-26(4-2)16(17-6-5-11-28-17)12-22-18(27)13-29-20-23-19(24-25-20)14-7-9-15(21)10-8-14/h5-11,16H,3-4,12-13H2,1-2H3,(H,22,27)(H,23,24,25). The first kappa shape index (κ1) is 21.4. The molecule has 0 saturated carbocycles. The first-order valence-electron chi connectivity index (χ1n) is 9.46. The Kier molecular flexibility index (Phi) is 7.74. The summed E-state index contributed by atoms with van der Waals surface area (Å²) in [5, 5.41) is 11.2. The molecule has 0 aliphatic carbocycles. The van der Waals surface area contributed by atoms with Crippen molar-refractivity contribution in [2.45, 2.75) is 25.0 Å². The molecule has 0 aliphatic heterocycles. The van der Waals surface area contributed by atoms with Crippen molar-refractivity contribution in [2.24, 2.45) is 0 Å². The van der Waals surface area contributed by atoms with Crippen LogP contribution in [-0.2, 0) is 4.79 Å². The largest absolute Gasteiger partial charge is 0.468 e. The number of rotatable bonds is 10. The summed E-state index contributed by atoms with van der Waals surface area (Å²) in [7, 11) is 0. The van der Waals surface area contributed by atoms with E-state index in [0.29, 0.717) is 22.5 Å². The smallest absolute Gasteiger partial charge is 0.230 e. The van der Waals surface area contributed by atoms with Gasteiger partial charge in [-0.15, -0.1) is 5.10 Å². The van der Waals surface area contributed by atoms with Crippen LogP contribution in [0.5, 0.6) is 0 Å². The molecule has 2 heterocycles. The second-order valence-electron chi connectivity index (χ2n) is 6.32. The predicted octanol–water partition coefficient (Wildman–Crippen LogP) is 4.01. The number of thioether (sulfide) groups is 1. The van der Waals surface area contributed by atoms with Gasteiger partial charge in [0.2, 0.25) is 11.1 Å². The summed E-state index contributed by atoms with van der Waals surface area (Å²) < 4.78 is 5.56. The Morgan fingerprint density at radius 1 is 1.28 bits per heavy atom. The van der Waals surface area contributed by atoms with Crippen LogP contribution in [0.15, 0.2) is 52.2 Å². The fourth-order valence-electron chi connectivity index (χ4n) is 2.99. The fourth-order valence-corrected chi connectivity index (χ4v) is 3.75. The lowest BCUT2D eigenvalue weighted by molar-refractivity contribution is -0.118. The van der Waals surface area contributed by atoms with Gasteiger partial charge >= 0.3 is 0 Å². The summed E-state index contributed by atoms with van der Waals surface area (Å²) in [6.07, 6.45) is 1.66. The second-order valence-corrected chi connectivity index (χ2v) is 7.70. The number of amides is 1. The van der Waals surface area contributed by atoms with E-state index in [1.807, 2.05) is 24.3 Å². The molecule has 0 radical (unpaired) electrons. The first-order valence-corrected chi connectivity index (χ1v) is 10.8. The summed E-state index contributed by atoms with van der Waals surface area (Å²) in [6.45, 7) is 6.42. The number of aromatic nitrogens is 3. The third-order valence-corrected chi connectivity index (χ3v) is 5.63. The number of carbonyl (C=O) groups is 1. The monoisotopic (exact) mass is 433 g/mol. The van der Waals surface area contributed by atoms with E-state index in [1.54, 1.807) is 18.4 Å². The fraction of sp³-hybridized carbons (Fsp3) is 0.350. The molecular weight excluding hydrogens is 410 g/mol. The van der Waals surface area contributed by atoms with E-state index < -0.39 is 0 Å². The molecule has 3 aromatic rings. The third kappa shape index (κ3) is 5.85. The van der Waals surface area contributed by atoms with E-state index in [0.717, 1.165) is 24.4 Å². The van der Waals surface area contributed by atoms with E-state index in [1.165, 1.54) is 11.8 Å². The van der Waals surface area contributed by atoms with Crippen LogP contribution >= 0.6 is 23.4 Å². The molecule has 1 atom stereocenters. The van der Waals surface area contributed by atoms with Crippen molar-refractivity contribution >= 4 is 29.3 Å². The maximum atomic E-state index is 12.3. The van der Waals surface area contributed by atoms with E-state index in [2.05, 4.69) is 39.2 Å². The Labute approximate surface area is 179 Å². The van der Waals surface area contributed by atoms with Gasteiger partial charge in [0.15, 0.2) is 5.82 Å². The number of halogens is 1. The van der Waals surface area contributed by atoms with Crippen molar-refractivity contribution in [1.82, 2.24) is 25.4 Å². The van der Waals surface area contributed by atoms with E-state index >= 15 is 0 Å². The Hall–Kier alpha value is -2.29. The number of aromatic amines is 1. The van der Waals surface area contributed by atoms with Gasteiger partial charge in [0, 0.05) is 17.1 Å². The van der Waals surface area contributed by atoms with Crippen LogP contribution in [0.4, 0.5) is 0 Å². The maximum absolute atomic E-state index is 12.3. The number of benzene rings is 1. The highest BCUT2D eigenvalue weighted by Gasteiger charge is 2.21. The Bertz CT molecular complexity index is 894. The zero-order chi connectivity index (χ0) is 20.6. The molecule has 0 fully saturated rings. The van der Waals surface area contributed by atoms with Gasteiger partial charge in [-0.2, -0.15) is 0 Å². The molecule has 3 rings (SSSR count). The molecule has 1 aromatic carbocycles. The number of furan rings is 1. The highest BCUT2D eigenvalue weighted by atomic mass is 35.5. The van der Waals surface area contributed by atoms with E-state index in [-0.39, 0.29) is 17.7 Å². The minimum absolute atomic E-state index is 0.00830. The predicted molar refractivity (Wildman–Crippen MR) is 115 cm³/mol. The SMILES string of the molecule is CCN(CC)C(CNC(=O)CSc1n[nH]c(-c2ccc(Cl)cc2)n1)c1ccco1. The number of hydrogen-bond donors (Lipinski definition) is 2. The van der Waals surface area contributed by atoms with Gasteiger partial charge in [0.1, 0.15) is 5.76 Å². The molecule has 1 unspecified atom stereocenters. The van der Waals surface area contributed by atoms with Crippen molar-refractivity contribution in [1.29, 1.82) is 0 Å². The summed E-state index contributed by atoms with van der Waals surface area (Å²) >= 11 is 7.20. The van der Waals surface area contributed by atoms with Crippen molar-refractivity contribution in [3.63, 3.8) is 0 Å². The average molecular weight is 434 g/mol. The zero-order valence-corrected chi connectivity index (χ0v) is 18.0. The van der Waals surface area contributed by atoms with Crippen molar-refractivity contribution in [3.05, 3.63) is 53.4 Å². The molecule has 9 heteroatoms. The van der Waals surface area contributed by atoms with Gasteiger partial charge in [0.25, 0.3) is 0 Å². The van der Waals surface area contributed by atoms with Gasteiger partial charge < -0.3 is 9.73 Å². The van der Waals surface area contributed by atoms with Crippen LogP contribution in [0.3, 0.4) is 0 Å². The van der Waals surface area contributed by atoms with Crippen LogP contribution in [0.25, 0.3) is 11.4 Å².